The number of para-hydroxylation sites is 3. The van der Waals surface area contributed by atoms with Gasteiger partial charge in [-0.1, -0.05) is 66.9 Å². The third kappa shape index (κ3) is 4.94. The lowest BCUT2D eigenvalue weighted by Gasteiger charge is -2.23. The van der Waals surface area contributed by atoms with Crippen molar-refractivity contribution in [3.8, 4) is 11.4 Å². The van der Waals surface area contributed by atoms with Crippen LogP contribution < -0.4 is 10.1 Å². The second-order valence-electron chi connectivity index (χ2n) is 7.91. The van der Waals surface area contributed by atoms with Crippen LogP contribution in [0.5, 0.6) is 5.75 Å². The number of aromatic nitrogens is 3. The summed E-state index contributed by atoms with van der Waals surface area (Å²) in [4.78, 5) is 12.9. The zero-order valence-electron chi connectivity index (χ0n) is 18.3. The molecule has 1 aliphatic carbocycles. The van der Waals surface area contributed by atoms with Crippen LogP contribution in [-0.4, -0.2) is 33.0 Å². The molecule has 1 aliphatic rings. The van der Waals surface area contributed by atoms with Crippen molar-refractivity contribution in [2.24, 2.45) is 0 Å². The highest BCUT2D eigenvalue weighted by Crippen LogP contribution is 2.37. The molecular formula is C24H27ClN4O2S. The highest BCUT2D eigenvalue weighted by Gasteiger charge is 2.27. The standard InChI is InChI=1S/C24H27ClN4O2S/c1-16(23(30)26-19-13-7-6-12-18(19)25)32-24-28-27-22(17-10-4-3-5-11-17)29(24)20-14-8-9-15-21(20)31-2/h6-9,12-17H,3-5,10-11H2,1-2H3,(H,26,30). The van der Waals surface area contributed by atoms with Crippen molar-refractivity contribution in [1.82, 2.24) is 14.8 Å². The molecule has 168 valence electrons. The average Bonchev–Trinajstić information content (AvgIpc) is 3.24. The van der Waals surface area contributed by atoms with Crippen molar-refractivity contribution in [2.45, 2.75) is 55.4 Å². The van der Waals surface area contributed by atoms with Crippen molar-refractivity contribution in [2.75, 3.05) is 12.4 Å². The molecule has 1 fully saturated rings. The molecular weight excluding hydrogens is 444 g/mol. The van der Waals surface area contributed by atoms with Crippen LogP contribution in [-0.2, 0) is 4.79 Å². The number of amides is 1. The number of carbonyl (C=O) groups excluding carboxylic acids is 1. The van der Waals surface area contributed by atoms with Crippen LogP contribution in [0, 0.1) is 0 Å². The molecule has 1 amide bonds. The molecule has 1 atom stereocenters. The highest BCUT2D eigenvalue weighted by atomic mass is 35.5. The lowest BCUT2D eigenvalue weighted by atomic mass is 9.88. The molecule has 1 unspecified atom stereocenters. The number of hydrogen-bond donors (Lipinski definition) is 1. The predicted octanol–water partition coefficient (Wildman–Crippen LogP) is 6.10. The minimum absolute atomic E-state index is 0.142. The number of benzene rings is 2. The molecule has 3 aromatic rings. The normalized spacial score (nSPS) is 15.3. The van der Waals surface area contributed by atoms with E-state index >= 15 is 0 Å². The Morgan fingerprint density at radius 2 is 1.84 bits per heavy atom. The summed E-state index contributed by atoms with van der Waals surface area (Å²) in [7, 11) is 1.66. The number of ether oxygens (including phenoxy) is 1. The SMILES string of the molecule is COc1ccccc1-n1c(SC(C)C(=O)Nc2ccccc2Cl)nnc1C1CCCCC1. The first-order valence-corrected chi connectivity index (χ1v) is 12.1. The van der Waals surface area contributed by atoms with Crippen LogP contribution in [0.15, 0.2) is 53.7 Å². The van der Waals surface area contributed by atoms with Gasteiger partial charge in [-0.05, 0) is 44.0 Å². The highest BCUT2D eigenvalue weighted by molar-refractivity contribution is 8.00. The van der Waals surface area contributed by atoms with Gasteiger partial charge in [0.15, 0.2) is 5.16 Å². The fourth-order valence-corrected chi connectivity index (χ4v) is 5.08. The Hall–Kier alpha value is -2.51. The van der Waals surface area contributed by atoms with Gasteiger partial charge < -0.3 is 10.1 Å². The third-order valence-electron chi connectivity index (χ3n) is 5.74. The van der Waals surface area contributed by atoms with Crippen molar-refractivity contribution in [1.29, 1.82) is 0 Å². The molecule has 4 rings (SSSR count). The van der Waals surface area contributed by atoms with E-state index in [4.69, 9.17) is 16.3 Å². The smallest absolute Gasteiger partial charge is 0.237 e. The fraction of sp³-hybridized carbons (Fsp3) is 0.375. The number of methoxy groups -OCH3 is 1. The lowest BCUT2D eigenvalue weighted by molar-refractivity contribution is -0.115. The third-order valence-corrected chi connectivity index (χ3v) is 7.11. The van der Waals surface area contributed by atoms with E-state index in [1.807, 2.05) is 43.3 Å². The van der Waals surface area contributed by atoms with E-state index in [0.29, 0.717) is 21.8 Å². The predicted molar refractivity (Wildman–Crippen MR) is 129 cm³/mol. The van der Waals surface area contributed by atoms with E-state index in [-0.39, 0.29) is 5.91 Å². The first kappa shape index (κ1) is 22.7. The van der Waals surface area contributed by atoms with Crippen LogP contribution in [0.2, 0.25) is 5.02 Å². The van der Waals surface area contributed by atoms with Crippen molar-refractivity contribution < 1.29 is 9.53 Å². The average molecular weight is 471 g/mol. The number of carbonyl (C=O) groups is 1. The number of nitrogens with zero attached hydrogens (tertiary/aromatic N) is 3. The zero-order chi connectivity index (χ0) is 22.5. The summed E-state index contributed by atoms with van der Waals surface area (Å²) < 4.78 is 7.70. The Morgan fingerprint density at radius 1 is 1.12 bits per heavy atom. The second-order valence-corrected chi connectivity index (χ2v) is 9.63. The van der Waals surface area contributed by atoms with E-state index in [0.717, 1.165) is 30.1 Å². The Kier molecular flexibility index (Phi) is 7.37. The van der Waals surface area contributed by atoms with Gasteiger partial charge in [-0.3, -0.25) is 9.36 Å². The quantitative estimate of drug-likeness (QED) is 0.423. The summed E-state index contributed by atoms with van der Waals surface area (Å²) in [5.74, 6) is 1.90. The molecule has 0 saturated heterocycles. The summed E-state index contributed by atoms with van der Waals surface area (Å²) in [6.45, 7) is 1.86. The number of thioether (sulfide) groups is 1. The molecule has 0 bridgehead atoms. The molecule has 2 aromatic carbocycles. The number of anilines is 1. The van der Waals surface area contributed by atoms with Gasteiger partial charge in [0.1, 0.15) is 11.6 Å². The Morgan fingerprint density at radius 3 is 2.59 bits per heavy atom. The van der Waals surface area contributed by atoms with Gasteiger partial charge in [0.2, 0.25) is 5.91 Å². The van der Waals surface area contributed by atoms with Gasteiger partial charge in [0.05, 0.1) is 28.8 Å². The number of hydrogen-bond acceptors (Lipinski definition) is 5. The maximum absolute atomic E-state index is 12.9. The summed E-state index contributed by atoms with van der Waals surface area (Å²) in [6, 6.07) is 15.1. The largest absolute Gasteiger partial charge is 0.495 e. The Balaban J connectivity index is 1.64. The van der Waals surface area contributed by atoms with Gasteiger partial charge in [-0.25, -0.2) is 0 Å². The molecule has 6 nitrogen and oxygen atoms in total. The van der Waals surface area contributed by atoms with Gasteiger partial charge in [0, 0.05) is 5.92 Å². The van der Waals surface area contributed by atoms with Crippen LogP contribution in [0.1, 0.15) is 50.8 Å². The first-order valence-electron chi connectivity index (χ1n) is 10.9. The van der Waals surface area contributed by atoms with Crippen molar-refractivity contribution in [3.63, 3.8) is 0 Å². The molecule has 32 heavy (non-hydrogen) atoms. The summed E-state index contributed by atoms with van der Waals surface area (Å²) >= 11 is 7.58. The van der Waals surface area contributed by atoms with Crippen molar-refractivity contribution in [3.05, 3.63) is 59.4 Å². The maximum atomic E-state index is 12.9. The zero-order valence-corrected chi connectivity index (χ0v) is 19.8. The number of halogens is 1. The molecule has 0 spiro atoms. The van der Waals surface area contributed by atoms with Gasteiger partial charge in [0.25, 0.3) is 0 Å². The molecule has 1 N–H and O–H groups in total. The van der Waals surface area contributed by atoms with Gasteiger partial charge in [-0.2, -0.15) is 0 Å². The van der Waals surface area contributed by atoms with Crippen LogP contribution in [0.3, 0.4) is 0 Å². The molecule has 0 aliphatic heterocycles. The summed E-state index contributed by atoms with van der Waals surface area (Å²) in [5.41, 5.74) is 1.49. The monoisotopic (exact) mass is 470 g/mol. The molecule has 8 heteroatoms. The topological polar surface area (TPSA) is 69.0 Å². The minimum Gasteiger partial charge on any atom is -0.495 e. The maximum Gasteiger partial charge on any atom is 0.237 e. The summed E-state index contributed by atoms with van der Waals surface area (Å²) in [5, 5.41) is 12.8. The Bertz CT molecular complexity index is 1080. The second kappa shape index (κ2) is 10.4. The van der Waals surface area contributed by atoms with E-state index in [2.05, 4.69) is 20.1 Å². The van der Waals surface area contributed by atoms with Crippen LogP contribution >= 0.6 is 23.4 Å². The molecule has 1 heterocycles. The van der Waals surface area contributed by atoms with E-state index in [1.165, 1.54) is 31.0 Å². The van der Waals surface area contributed by atoms with Crippen LogP contribution in [0.4, 0.5) is 5.69 Å². The number of nitrogens with one attached hydrogen (secondary N) is 1. The molecule has 0 radical (unpaired) electrons. The van der Waals surface area contributed by atoms with Crippen LogP contribution in [0.25, 0.3) is 5.69 Å². The Labute approximate surface area is 197 Å². The van der Waals surface area contributed by atoms with E-state index < -0.39 is 5.25 Å². The number of rotatable bonds is 7. The van der Waals surface area contributed by atoms with Gasteiger partial charge in [-0.15, -0.1) is 10.2 Å². The van der Waals surface area contributed by atoms with Crippen molar-refractivity contribution >= 4 is 35.0 Å². The molecule has 1 saturated carbocycles. The fourth-order valence-electron chi connectivity index (χ4n) is 4.03. The van der Waals surface area contributed by atoms with E-state index in [1.54, 1.807) is 19.2 Å². The van der Waals surface area contributed by atoms with Gasteiger partial charge >= 0.3 is 0 Å². The molecule has 1 aromatic heterocycles. The van der Waals surface area contributed by atoms with E-state index in [9.17, 15) is 4.79 Å². The lowest BCUT2D eigenvalue weighted by Crippen LogP contribution is -2.23. The summed E-state index contributed by atoms with van der Waals surface area (Å²) in [6.07, 6.45) is 5.85. The first-order chi connectivity index (χ1) is 15.6. The minimum atomic E-state index is -0.400.